The van der Waals surface area contributed by atoms with E-state index in [1.165, 1.54) is 5.56 Å². The minimum absolute atomic E-state index is 0.783. The van der Waals surface area contributed by atoms with Crippen molar-refractivity contribution in [1.82, 2.24) is 24.9 Å². The van der Waals surface area contributed by atoms with Gasteiger partial charge >= 0.3 is 0 Å². The molecule has 0 aliphatic heterocycles. The van der Waals surface area contributed by atoms with Crippen LogP contribution in [0.3, 0.4) is 0 Å². The van der Waals surface area contributed by atoms with Gasteiger partial charge in [-0.25, -0.2) is 4.68 Å². The van der Waals surface area contributed by atoms with E-state index in [-0.39, 0.29) is 0 Å². The van der Waals surface area contributed by atoms with Gasteiger partial charge in [0.1, 0.15) is 0 Å². The summed E-state index contributed by atoms with van der Waals surface area (Å²) in [5.74, 6) is 1.02. The van der Waals surface area contributed by atoms with Crippen molar-refractivity contribution in [2.24, 2.45) is 7.05 Å². The topological polar surface area (TPSA) is 47.7 Å². The summed E-state index contributed by atoms with van der Waals surface area (Å²) in [6, 6.07) is 0. The molecule has 0 aliphatic rings. The fourth-order valence-electron chi connectivity index (χ4n) is 2.17. The number of hydrogen-bond acceptors (Lipinski definition) is 3. The van der Waals surface area contributed by atoms with Gasteiger partial charge < -0.3 is 5.32 Å². The second-order valence-electron chi connectivity index (χ2n) is 4.44. The maximum Gasteiger partial charge on any atom is 0.156 e. The molecule has 18 heavy (non-hydrogen) atoms. The van der Waals surface area contributed by atoms with Crippen molar-refractivity contribution in [3.8, 4) is 5.82 Å². The van der Waals surface area contributed by atoms with Crippen molar-refractivity contribution in [2.45, 2.75) is 27.3 Å². The van der Waals surface area contributed by atoms with Gasteiger partial charge in [0.25, 0.3) is 0 Å². The van der Waals surface area contributed by atoms with E-state index in [0.29, 0.717) is 0 Å². The number of nitrogens with zero attached hydrogens (tertiary/aromatic N) is 4. The highest BCUT2D eigenvalue weighted by molar-refractivity contribution is 9.10. The molecular formula is C12H18BrN5. The number of hydrogen-bond donors (Lipinski definition) is 1. The molecule has 0 amide bonds. The van der Waals surface area contributed by atoms with E-state index < -0.39 is 0 Å². The van der Waals surface area contributed by atoms with Crippen LogP contribution in [0.2, 0.25) is 0 Å². The number of halogens is 1. The summed E-state index contributed by atoms with van der Waals surface area (Å²) in [6.45, 7) is 6.85. The van der Waals surface area contributed by atoms with Crippen LogP contribution in [0.4, 0.5) is 0 Å². The van der Waals surface area contributed by atoms with E-state index in [2.05, 4.69) is 38.4 Å². The van der Waals surface area contributed by atoms with Crippen molar-refractivity contribution in [2.75, 3.05) is 7.05 Å². The smallest absolute Gasteiger partial charge is 0.156 e. The fourth-order valence-corrected chi connectivity index (χ4v) is 2.42. The average Bonchev–Trinajstić information content (AvgIpc) is 2.72. The predicted molar refractivity (Wildman–Crippen MR) is 75.0 cm³/mol. The predicted octanol–water partition coefficient (Wildman–Crippen LogP) is 2.01. The molecule has 1 N–H and O–H groups in total. The number of nitrogens with one attached hydrogen (secondary N) is 1. The molecule has 98 valence electrons. The quantitative estimate of drug-likeness (QED) is 0.943. The van der Waals surface area contributed by atoms with E-state index in [4.69, 9.17) is 0 Å². The summed E-state index contributed by atoms with van der Waals surface area (Å²) < 4.78 is 4.89. The van der Waals surface area contributed by atoms with Gasteiger partial charge in [-0.3, -0.25) is 4.68 Å². The Morgan fingerprint density at radius 1 is 1.17 bits per heavy atom. The van der Waals surface area contributed by atoms with Crippen molar-refractivity contribution in [3.63, 3.8) is 0 Å². The molecule has 2 aromatic rings. The number of aromatic nitrogens is 4. The standard InChI is InChI=1S/C12H18BrN5/c1-7-10(6-14-4)12(17(5)15-7)18-9(3)11(13)8(2)16-18/h14H,6H2,1-5H3. The molecule has 5 nitrogen and oxygen atoms in total. The first-order chi connectivity index (χ1) is 8.47. The maximum atomic E-state index is 4.58. The van der Waals surface area contributed by atoms with Gasteiger partial charge in [0.15, 0.2) is 5.82 Å². The lowest BCUT2D eigenvalue weighted by Crippen LogP contribution is -2.12. The van der Waals surface area contributed by atoms with E-state index in [1.807, 2.05) is 37.3 Å². The number of aryl methyl sites for hydroxylation is 3. The summed E-state index contributed by atoms with van der Waals surface area (Å²) >= 11 is 3.56. The highest BCUT2D eigenvalue weighted by atomic mass is 79.9. The van der Waals surface area contributed by atoms with E-state index in [0.717, 1.165) is 33.9 Å². The van der Waals surface area contributed by atoms with Crippen LogP contribution in [0.5, 0.6) is 0 Å². The van der Waals surface area contributed by atoms with Gasteiger partial charge in [-0.05, 0) is 43.7 Å². The second kappa shape index (κ2) is 4.85. The molecule has 2 rings (SSSR count). The first kappa shape index (κ1) is 13.3. The van der Waals surface area contributed by atoms with Crippen LogP contribution in [0.1, 0.15) is 22.6 Å². The van der Waals surface area contributed by atoms with Crippen LogP contribution in [0.25, 0.3) is 5.82 Å². The van der Waals surface area contributed by atoms with Crippen LogP contribution in [0, 0.1) is 20.8 Å². The molecule has 2 heterocycles. The Hall–Kier alpha value is -1.14. The van der Waals surface area contributed by atoms with Gasteiger partial charge in [0, 0.05) is 19.2 Å². The Morgan fingerprint density at radius 3 is 2.33 bits per heavy atom. The summed E-state index contributed by atoms with van der Waals surface area (Å²) in [5.41, 5.74) is 4.29. The van der Waals surface area contributed by atoms with Crippen LogP contribution in [0.15, 0.2) is 4.47 Å². The average molecular weight is 312 g/mol. The van der Waals surface area contributed by atoms with Gasteiger partial charge in [0.05, 0.1) is 21.6 Å². The lowest BCUT2D eigenvalue weighted by Gasteiger charge is -2.08. The third-order valence-electron chi connectivity index (χ3n) is 3.07. The monoisotopic (exact) mass is 311 g/mol. The fraction of sp³-hybridized carbons (Fsp3) is 0.500. The zero-order valence-corrected chi connectivity index (χ0v) is 13.0. The second-order valence-corrected chi connectivity index (χ2v) is 5.23. The summed E-state index contributed by atoms with van der Waals surface area (Å²) in [4.78, 5) is 0. The normalized spacial score (nSPS) is 11.2. The molecule has 2 aromatic heterocycles. The van der Waals surface area contributed by atoms with E-state index in [9.17, 15) is 0 Å². The Morgan fingerprint density at radius 2 is 1.83 bits per heavy atom. The zero-order chi connectivity index (χ0) is 13.4. The van der Waals surface area contributed by atoms with Crippen molar-refractivity contribution >= 4 is 15.9 Å². The first-order valence-electron chi connectivity index (χ1n) is 5.86. The minimum atomic E-state index is 0.783. The van der Waals surface area contributed by atoms with Crippen molar-refractivity contribution < 1.29 is 0 Å². The van der Waals surface area contributed by atoms with Crippen molar-refractivity contribution in [3.05, 3.63) is 27.1 Å². The van der Waals surface area contributed by atoms with Crippen LogP contribution in [-0.4, -0.2) is 26.6 Å². The van der Waals surface area contributed by atoms with Gasteiger partial charge in [-0.2, -0.15) is 10.2 Å². The van der Waals surface area contributed by atoms with Gasteiger partial charge in [-0.1, -0.05) is 0 Å². The molecule has 6 heteroatoms. The molecule has 0 saturated heterocycles. The lowest BCUT2D eigenvalue weighted by atomic mass is 10.2. The Bertz CT molecular complexity index is 582. The SMILES string of the molecule is CNCc1c(C)nn(C)c1-n1nc(C)c(Br)c1C. The van der Waals surface area contributed by atoms with Crippen LogP contribution >= 0.6 is 15.9 Å². The summed E-state index contributed by atoms with van der Waals surface area (Å²) in [6.07, 6.45) is 0. The molecule has 0 atom stereocenters. The Balaban J connectivity index is 2.66. The highest BCUT2D eigenvalue weighted by Crippen LogP contribution is 2.25. The minimum Gasteiger partial charge on any atom is -0.315 e. The summed E-state index contributed by atoms with van der Waals surface area (Å²) in [7, 11) is 3.89. The van der Waals surface area contributed by atoms with Crippen molar-refractivity contribution in [1.29, 1.82) is 0 Å². The molecule has 0 fully saturated rings. The highest BCUT2D eigenvalue weighted by Gasteiger charge is 2.19. The summed E-state index contributed by atoms with van der Waals surface area (Å²) in [5, 5.41) is 12.2. The van der Waals surface area contributed by atoms with Gasteiger partial charge in [0.2, 0.25) is 0 Å². The maximum absolute atomic E-state index is 4.58. The third kappa shape index (κ3) is 1.99. The largest absolute Gasteiger partial charge is 0.315 e. The third-order valence-corrected chi connectivity index (χ3v) is 4.22. The molecule has 0 aliphatic carbocycles. The molecule has 0 bridgehead atoms. The van der Waals surface area contributed by atoms with Crippen LogP contribution < -0.4 is 5.32 Å². The number of rotatable bonds is 3. The first-order valence-corrected chi connectivity index (χ1v) is 6.65. The Labute approximate surface area is 115 Å². The van der Waals surface area contributed by atoms with E-state index in [1.54, 1.807) is 0 Å². The van der Waals surface area contributed by atoms with Crippen LogP contribution in [-0.2, 0) is 13.6 Å². The molecule has 0 saturated carbocycles. The van der Waals surface area contributed by atoms with Gasteiger partial charge in [-0.15, -0.1) is 0 Å². The van der Waals surface area contributed by atoms with E-state index >= 15 is 0 Å². The molecule has 0 radical (unpaired) electrons. The molecule has 0 unspecified atom stereocenters. The Kier molecular flexibility index (Phi) is 3.59. The zero-order valence-electron chi connectivity index (χ0n) is 11.4. The lowest BCUT2D eigenvalue weighted by molar-refractivity contribution is 0.676. The molecular weight excluding hydrogens is 294 g/mol. The molecule has 0 spiro atoms. The molecule has 0 aromatic carbocycles.